The van der Waals surface area contributed by atoms with Crippen LogP contribution in [0.3, 0.4) is 0 Å². The molecule has 0 aliphatic carbocycles. The predicted molar refractivity (Wildman–Crippen MR) is 61.4 cm³/mol. The largest absolute Gasteiger partial charge is 0.368 e. The fourth-order valence-electron chi connectivity index (χ4n) is 2.18. The van der Waals surface area contributed by atoms with Crippen molar-refractivity contribution in [3.63, 3.8) is 0 Å². The van der Waals surface area contributed by atoms with E-state index < -0.39 is 6.29 Å². The van der Waals surface area contributed by atoms with Gasteiger partial charge in [-0.15, -0.1) is 0 Å². The molecule has 1 saturated heterocycles. The van der Waals surface area contributed by atoms with Crippen molar-refractivity contribution in [2.24, 2.45) is 5.92 Å². The lowest BCUT2D eigenvalue weighted by molar-refractivity contribution is -0.264. The molecule has 0 amide bonds. The fraction of sp³-hybridized carbons (Fsp3) is 1.00. The fourth-order valence-corrected chi connectivity index (χ4v) is 2.18. The van der Waals surface area contributed by atoms with Crippen LogP contribution in [0, 0.1) is 5.92 Å². The van der Waals surface area contributed by atoms with E-state index in [-0.39, 0.29) is 11.6 Å². The summed E-state index contributed by atoms with van der Waals surface area (Å²) in [7, 11) is 2.09. The van der Waals surface area contributed by atoms with Gasteiger partial charge in [-0.05, 0) is 32.7 Å². The second-order valence-corrected chi connectivity index (χ2v) is 4.93. The summed E-state index contributed by atoms with van der Waals surface area (Å²) in [5.74, 6) is 0.156. The average Bonchev–Trinajstić information content (AvgIpc) is 2.21. The Bertz CT molecular complexity index is 196. The first-order valence-electron chi connectivity index (χ1n) is 6.09. The van der Waals surface area contributed by atoms with Crippen LogP contribution in [0.5, 0.6) is 0 Å². The molecule has 0 bridgehead atoms. The van der Waals surface area contributed by atoms with Crippen molar-refractivity contribution in [1.29, 1.82) is 0 Å². The number of hydrogen-bond acceptors (Lipinski definition) is 3. The number of likely N-dealkylation sites (tertiary alicyclic amines) is 1. The predicted octanol–water partition coefficient (Wildman–Crippen LogP) is 2.20. The molecular formula is C12H25NO2. The Morgan fingerprint density at radius 3 is 2.53 bits per heavy atom. The molecule has 90 valence electrons. The van der Waals surface area contributed by atoms with Gasteiger partial charge in [0.05, 0.1) is 0 Å². The number of aliphatic hydroxyl groups excluding tert-OH is 1. The molecule has 0 aromatic carbocycles. The zero-order valence-electron chi connectivity index (χ0n) is 10.5. The van der Waals surface area contributed by atoms with Crippen molar-refractivity contribution in [3.8, 4) is 0 Å². The second-order valence-electron chi connectivity index (χ2n) is 4.93. The maximum atomic E-state index is 9.84. The first-order chi connectivity index (χ1) is 7.02. The molecule has 1 N–H and O–H groups in total. The zero-order chi connectivity index (χ0) is 11.5. The van der Waals surface area contributed by atoms with Crippen molar-refractivity contribution in [2.75, 3.05) is 13.6 Å². The topological polar surface area (TPSA) is 32.7 Å². The Balaban J connectivity index is 2.66. The van der Waals surface area contributed by atoms with Gasteiger partial charge in [-0.1, -0.05) is 20.8 Å². The van der Waals surface area contributed by atoms with Crippen LogP contribution in [-0.2, 0) is 4.74 Å². The third-order valence-electron chi connectivity index (χ3n) is 3.47. The van der Waals surface area contributed by atoms with Crippen molar-refractivity contribution in [3.05, 3.63) is 0 Å². The summed E-state index contributed by atoms with van der Waals surface area (Å²) in [5, 5.41) is 9.84. The van der Waals surface area contributed by atoms with Gasteiger partial charge in [-0.25, -0.2) is 0 Å². The number of ether oxygens (including phenoxy) is 1. The Labute approximate surface area is 93.4 Å². The Kier molecular flexibility index (Phi) is 4.56. The smallest absolute Gasteiger partial charge is 0.159 e. The summed E-state index contributed by atoms with van der Waals surface area (Å²) in [6.07, 6.45) is 3.75. The summed E-state index contributed by atoms with van der Waals surface area (Å²) in [6, 6.07) is 0. The summed E-state index contributed by atoms with van der Waals surface area (Å²) in [6.45, 7) is 7.17. The molecule has 1 rings (SSSR count). The second kappa shape index (κ2) is 5.28. The van der Waals surface area contributed by atoms with Crippen LogP contribution in [0.15, 0.2) is 0 Å². The summed E-state index contributed by atoms with van der Waals surface area (Å²) >= 11 is 0. The molecule has 15 heavy (non-hydrogen) atoms. The molecule has 3 heteroatoms. The van der Waals surface area contributed by atoms with Crippen LogP contribution in [0.1, 0.15) is 46.5 Å². The van der Waals surface area contributed by atoms with Crippen molar-refractivity contribution in [1.82, 2.24) is 4.90 Å². The van der Waals surface area contributed by atoms with Gasteiger partial charge < -0.3 is 9.84 Å². The van der Waals surface area contributed by atoms with Crippen LogP contribution in [0.2, 0.25) is 0 Å². The molecule has 1 aliphatic rings. The maximum absolute atomic E-state index is 9.84. The highest BCUT2D eigenvalue weighted by molar-refractivity contribution is 4.83. The van der Waals surface area contributed by atoms with E-state index in [0.717, 1.165) is 19.4 Å². The molecule has 0 radical (unpaired) electrons. The Hall–Kier alpha value is -0.120. The minimum Gasteiger partial charge on any atom is -0.368 e. The van der Waals surface area contributed by atoms with E-state index in [2.05, 4.69) is 18.9 Å². The third kappa shape index (κ3) is 2.92. The molecule has 0 spiro atoms. The van der Waals surface area contributed by atoms with Crippen LogP contribution in [-0.4, -0.2) is 35.6 Å². The van der Waals surface area contributed by atoms with Crippen LogP contribution in [0.4, 0.5) is 0 Å². The number of nitrogens with zero attached hydrogens (tertiary/aromatic N) is 1. The Morgan fingerprint density at radius 1 is 1.40 bits per heavy atom. The molecule has 2 atom stereocenters. The van der Waals surface area contributed by atoms with Crippen LogP contribution < -0.4 is 0 Å². The lowest BCUT2D eigenvalue weighted by Crippen LogP contribution is -2.53. The highest BCUT2D eigenvalue weighted by Crippen LogP contribution is 2.32. The van der Waals surface area contributed by atoms with Crippen LogP contribution in [0.25, 0.3) is 0 Å². The van der Waals surface area contributed by atoms with Gasteiger partial charge in [-0.3, -0.25) is 4.90 Å². The molecule has 0 saturated carbocycles. The number of aliphatic hydroxyl groups is 1. The van der Waals surface area contributed by atoms with Crippen LogP contribution >= 0.6 is 0 Å². The lowest BCUT2D eigenvalue weighted by atomic mass is 9.96. The van der Waals surface area contributed by atoms with E-state index in [9.17, 15) is 5.11 Å². The van der Waals surface area contributed by atoms with Gasteiger partial charge in [0.2, 0.25) is 0 Å². The zero-order valence-corrected chi connectivity index (χ0v) is 10.5. The van der Waals surface area contributed by atoms with Gasteiger partial charge in [0.25, 0.3) is 0 Å². The minimum atomic E-state index is -0.648. The first kappa shape index (κ1) is 12.9. The highest BCUT2D eigenvalue weighted by atomic mass is 16.6. The molecule has 1 heterocycles. The molecule has 2 unspecified atom stereocenters. The third-order valence-corrected chi connectivity index (χ3v) is 3.47. The number of rotatable bonds is 4. The molecule has 1 aliphatic heterocycles. The lowest BCUT2D eigenvalue weighted by Gasteiger charge is -2.46. The molecular weight excluding hydrogens is 190 g/mol. The SMILES string of the molecule is CCC1(OC(O)C(C)C)CCCCN1C. The standard InChI is InChI=1S/C12H25NO2/c1-5-12(15-11(14)10(2)3)8-6-7-9-13(12)4/h10-11,14H,5-9H2,1-4H3. The van der Waals surface area contributed by atoms with E-state index in [4.69, 9.17) is 4.74 Å². The van der Waals surface area contributed by atoms with Crippen molar-refractivity contribution in [2.45, 2.75) is 58.5 Å². The van der Waals surface area contributed by atoms with Gasteiger partial charge in [0.1, 0.15) is 5.72 Å². The van der Waals surface area contributed by atoms with Gasteiger partial charge in [0.15, 0.2) is 6.29 Å². The maximum Gasteiger partial charge on any atom is 0.159 e. The Morgan fingerprint density at radius 2 is 2.07 bits per heavy atom. The molecule has 3 nitrogen and oxygen atoms in total. The van der Waals surface area contributed by atoms with Gasteiger partial charge in [0, 0.05) is 12.5 Å². The number of piperidine rings is 1. The summed E-state index contributed by atoms with van der Waals surface area (Å²) in [5.41, 5.74) is -0.234. The minimum absolute atomic E-state index is 0.156. The molecule has 1 fully saturated rings. The van der Waals surface area contributed by atoms with E-state index >= 15 is 0 Å². The van der Waals surface area contributed by atoms with Gasteiger partial charge >= 0.3 is 0 Å². The van der Waals surface area contributed by atoms with Gasteiger partial charge in [-0.2, -0.15) is 0 Å². The monoisotopic (exact) mass is 215 g/mol. The van der Waals surface area contributed by atoms with Crippen molar-refractivity contribution < 1.29 is 9.84 Å². The summed E-state index contributed by atoms with van der Waals surface area (Å²) in [4.78, 5) is 2.25. The van der Waals surface area contributed by atoms with E-state index in [1.165, 1.54) is 12.8 Å². The molecule has 0 aromatic rings. The average molecular weight is 215 g/mol. The van der Waals surface area contributed by atoms with E-state index in [1.807, 2.05) is 13.8 Å². The highest BCUT2D eigenvalue weighted by Gasteiger charge is 2.38. The quantitative estimate of drug-likeness (QED) is 0.730. The van der Waals surface area contributed by atoms with E-state index in [0.29, 0.717) is 0 Å². The number of hydrogen-bond donors (Lipinski definition) is 1. The van der Waals surface area contributed by atoms with E-state index in [1.54, 1.807) is 0 Å². The molecule has 0 aromatic heterocycles. The first-order valence-corrected chi connectivity index (χ1v) is 6.09. The van der Waals surface area contributed by atoms with Crippen molar-refractivity contribution >= 4 is 0 Å². The summed E-state index contributed by atoms with van der Waals surface area (Å²) < 4.78 is 5.88. The normalized spacial score (nSPS) is 30.8.